The van der Waals surface area contributed by atoms with Crippen molar-refractivity contribution in [3.8, 4) is 0 Å². The molecular formula is C16H13F5O3S. The number of aryl methyl sites for hydroxylation is 1. The average molecular weight is 380 g/mol. The van der Waals surface area contributed by atoms with Crippen LogP contribution in [-0.2, 0) is 14.3 Å². The molecule has 0 aliphatic heterocycles. The van der Waals surface area contributed by atoms with Crippen LogP contribution < -0.4 is 0 Å². The van der Waals surface area contributed by atoms with E-state index in [0.29, 0.717) is 0 Å². The Morgan fingerprint density at radius 3 is 1.76 bits per heavy atom. The molecule has 0 saturated heterocycles. The molecular weight excluding hydrogens is 367 g/mol. The Labute approximate surface area is 140 Å². The number of rotatable bonds is 4. The lowest BCUT2D eigenvalue weighted by molar-refractivity contribution is -0.340. The molecule has 0 N–H and O–H groups in total. The Bertz CT molecular complexity index is 832. The SMILES string of the molecule is Cc1ccc(S(=O)(=O)OC2(C(F)(F)C(F)(F)F)C3C4C3C3C4C32)cc1. The predicted octanol–water partition coefficient (Wildman–Crippen LogP) is 3.39. The third kappa shape index (κ3) is 1.58. The summed E-state index contributed by atoms with van der Waals surface area (Å²) in [5.74, 6) is -8.21. The Hall–Kier alpha value is -1.22. The standard InChI is InChI=1S/C16H13F5O3S/c1-6-2-4-7(5-3-6)25(22,23)24-14(15(17,18)16(19,20)21)12-8-9(12)11-10(8)13(11)14/h2-5,8-13H,1H3. The van der Waals surface area contributed by atoms with Crippen LogP contribution in [0.3, 0.4) is 0 Å². The summed E-state index contributed by atoms with van der Waals surface area (Å²) in [5.41, 5.74) is -2.26. The minimum absolute atomic E-state index is 0.239. The van der Waals surface area contributed by atoms with E-state index in [1.807, 2.05) is 0 Å². The van der Waals surface area contributed by atoms with Crippen LogP contribution in [0.1, 0.15) is 5.56 Å². The van der Waals surface area contributed by atoms with Gasteiger partial charge in [0.2, 0.25) is 0 Å². The summed E-state index contributed by atoms with van der Waals surface area (Å²) in [7, 11) is -4.74. The lowest BCUT2D eigenvalue weighted by atomic mass is 9.89. The van der Waals surface area contributed by atoms with Gasteiger partial charge in [0.1, 0.15) is 0 Å². The Kier molecular flexibility index (Phi) is 2.58. The van der Waals surface area contributed by atoms with E-state index >= 15 is 0 Å². The zero-order valence-electron chi connectivity index (χ0n) is 12.8. The number of halogens is 5. The molecule has 1 aromatic carbocycles. The van der Waals surface area contributed by atoms with E-state index < -0.39 is 44.5 Å². The van der Waals surface area contributed by atoms with Crippen molar-refractivity contribution in [1.82, 2.24) is 0 Å². The Morgan fingerprint density at radius 1 is 0.920 bits per heavy atom. The number of hydrogen-bond acceptors (Lipinski definition) is 3. The van der Waals surface area contributed by atoms with Crippen LogP contribution in [0.4, 0.5) is 22.0 Å². The summed E-state index contributed by atoms with van der Waals surface area (Å²) in [5, 5.41) is 0. The lowest BCUT2D eigenvalue weighted by Crippen LogP contribution is -2.60. The van der Waals surface area contributed by atoms with Crippen molar-refractivity contribution in [2.24, 2.45) is 35.5 Å². The van der Waals surface area contributed by atoms with Crippen molar-refractivity contribution < 1.29 is 34.6 Å². The van der Waals surface area contributed by atoms with Gasteiger partial charge in [-0.15, -0.1) is 0 Å². The molecule has 136 valence electrons. The molecule has 0 heterocycles. The molecule has 0 unspecified atom stereocenters. The summed E-state index contributed by atoms with van der Waals surface area (Å²) in [6.07, 6.45) is -5.86. The summed E-state index contributed by atoms with van der Waals surface area (Å²) in [4.78, 5) is -0.410. The number of hydrogen-bond donors (Lipinski definition) is 0. The molecule has 6 rings (SSSR count). The minimum atomic E-state index is -5.86. The molecule has 5 aliphatic rings. The third-order valence-corrected chi connectivity index (χ3v) is 7.89. The van der Waals surface area contributed by atoms with Crippen molar-refractivity contribution in [1.29, 1.82) is 0 Å². The van der Waals surface area contributed by atoms with E-state index in [4.69, 9.17) is 4.18 Å². The van der Waals surface area contributed by atoms with Gasteiger partial charge in [0.25, 0.3) is 10.1 Å². The quantitative estimate of drug-likeness (QED) is 0.594. The van der Waals surface area contributed by atoms with Crippen LogP contribution >= 0.6 is 0 Å². The van der Waals surface area contributed by atoms with E-state index in [-0.39, 0.29) is 23.7 Å². The van der Waals surface area contributed by atoms with Gasteiger partial charge in [-0.25, -0.2) is 0 Å². The molecule has 5 saturated carbocycles. The summed E-state index contributed by atoms with van der Waals surface area (Å²) in [6, 6.07) is 5.18. The first-order valence-corrected chi connectivity index (χ1v) is 9.33. The van der Waals surface area contributed by atoms with Crippen LogP contribution in [0.5, 0.6) is 0 Å². The molecule has 25 heavy (non-hydrogen) atoms. The molecule has 0 spiro atoms. The Morgan fingerprint density at radius 2 is 1.36 bits per heavy atom. The highest BCUT2D eigenvalue weighted by atomic mass is 32.2. The van der Waals surface area contributed by atoms with Gasteiger partial charge in [-0.3, -0.25) is 4.18 Å². The van der Waals surface area contributed by atoms with Crippen LogP contribution in [0, 0.1) is 42.4 Å². The summed E-state index contributed by atoms with van der Waals surface area (Å²) >= 11 is 0. The molecule has 1 aromatic rings. The highest BCUT2D eigenvalue weighted by Gasteiger charge is 3.03. The third-order valence-electron chi connectivity index (χ3n) is 6.55. The van der Waals surface area contributed by atoms with Crippen molar-refractivity contribution in [3.63, 3.8) is 0 Å². The maximum atomic E-state index is 14.5. The first-order valence-electron chi connectivity index (χ1n) is 7.92. The van der Waals surface area contributed by atoms with E-state index in [2.05, 4.69) is 0 Å². The molecule has 9 heteroatoms. The van der Waals surface area contributed by atoms with Crippen molar-refractivity contribution in [2.75, 3.05) is 0 Å². The lowest BCUT2D eigenvalue weighted by Gasteiger charge is -2.38. The van der Waals surface area contributed by atoms with Gasteiger partial charge in [-0.05, 0) is 42.7 Å². The van der Waals surface area contributed by atoms with Gasteiger partial charge in [-0.1, -0.05) is 17.7 Å². The fourth-order valence-corrected chi connectivity index (χ4v) is 6.92. The zero-order valence-corrected chi connectivity index (χ0v) is 13.6. The first-order chi connectivity index (χ1) is 11.5. The Balaban J connectivity index is 1.59. The molecule has 0 atom stereocenters. The van der Waals surface area contributed by atoms with Crippen LogP contribution in [0.25, 0.3) is 0 Å². The van der Waals surface area contributed by atoms with Gasteiger partial charge < -0.3 is 0 Å². The van der Waals surface area contributed by atoms with Gasteiger partial charge in [0.15, 0.2) is 5.60 Å². The fourth-order valence-electron chi connectivity index (χ4n) is 5.66. The highest BCUT2D eigenvalue weighted by molar-refractivity contribution is 7.86. The summed E-state index contributed by atoms with van der Waals surface area (Å²) in [6.45, 7) is 1.69. The molecule has 0 aromatic heterocycles. The molecule has 3 nitrogen and oxygen atoms in total. The fraction of sp³-hybridized carbons (Fsp3) is 0.625. The monoisotopic (exact) mass is 380 g/mol. The second-order valence-corrected chi connectivity index (χ2v) is 9.12. The van der Waals surface area contributed by atoms with Crippen molar-refractivity contribution in [3.05, 3.63) is 29.8 Å². The minimum Gasteiger partial charge on any atom is -0.252 e. The number of benzene rings is 1. The average Bonchev–Trinajstić information content (AvgIpc) is 3.23. The molecule has 5 aliphatic carbocycles. The van der Waals surface area contributed by atoms with Gasteiger partial charge in [-0.2, -0.15) is 30.4 Å². The molecule has 0 amide bonds. The molecule has 2 bridgehead atoms. The largest absolute Gasteiger partial charge is 0.456 e. The van der Waals surface area contributed by atoms with E-state index in [1.54, 1.807) is 6.92 Å². The van der Waals surface area contributed by atoms with Gasteiger partial charge >= 0.3 is 12.1 Å². The summed E-state index contributed by atoms with van der Waals surface area (Å²) < 4.78 is 98.1. The smallest absolute Gasteiger partial charge is 0.252 e. The van der Waals surface area contributed by atoms with Gasteiger partial charge in [0, 0.05) is 11.8 Å². The topological polar surface area (TPSA) is 43.4 Å². The van der Waals surface area contributed by atoms with E-state index in [0.717, 1.165) is 17.7 Å². The molecule has 0 radical (unpaired) electrons. The van der Waals surface area contributed by atoms with E-state index in [9.17, 15) is 30.4 Å². The van der Waals surface area contributed by atoms with Crippen LogP contribution in [-0.4, -0.2) is 26.1 Å². The second-order valence-electron chi connectivity index (χ2n) is 7.58. The van der Waals surface area contributed by atoms with Crippen LogP contribution in [0.2, 0.25) is 0 Å². The maximum absolute atomic E-state index is 14.5. The van der Waals surface area contributed by atoms with Gasteiger partial charge in [0.05, 0.1) is 4.90 Å². The predicted molar refractivity (Wildman–Crippen MR) is 74.1 cm³/mol. The number of alkyl halides is 5. The normalized spacial score (nSPS) is 43.4. The maximum Gasteiger partial charge on any atom is 0.456 e. The highest BCUT2D eigenvalue weighted by Crippen LogP contribution is 2.97. The zero-order chi connectivity index (χ0) is 18.2. The first kappa shape index (κ1) is 16.0. The van der Waals surface area contributed by atoms with Crippen molar-refractivity contribution >= 4 is 10.1 Å². The second kappa shape index (κ2) is 4.03. The molecule has 5 fully saturated rings. The van der Waals surface area contributed by atoms with E-state index in [1.165, 1.54) is 12.1 Å². The van der Waals surface area contributed by atoms with Crippen LogP contribution in [0.15, 0.2) is 29.2 Å². The van der Waals surface area contributed by atoms with Crippen molar-refractivity contribution in [2.45, 2.75) is 29.5 Å².